The molecule has 9 heteroatoms. The molecule has 0 unspecified atom stereocenters. The maximum atomic E-state index is 12.3. The van der Waals surface area contributed by atoms with Gasteiger partial charge in [-0.15, -0.1) is 0 Å². The minimum absolute atomic E-state index is 0.118. The molecule has 1 aromatic heterocycles. The first-order chi connectivity index (χ1) is 15.0. The van der Waals surface area contributed by atoms with E-state index in [1.54, 1.807) is 24.5 Å². The van der Waals surface area contributed by atoms with Gasteiger partial charge in [0.1, 0.15) is 23.1 Å². The van der Waals surface area contributed by atoms with E-state index in [9.17, 15) is 14.9 Å². The number of carbonyl (C=O) groups excluding carboxylic acids is 1. The molecule has 0 aliphatic carbocycles. The lowest BCUT2D eigenvalue weighted by atomic mass is 10.1. The molecule has 0 saturated heterocycles. The molecule has 2 aromatic carbocycles. The molecule has 0 saturated carbocycles. The zero-order valence-corrected chi connectivity index (χ0v) is 19.0. The molecule has 0 radical (unpaired) electrons. The molecular formula is C22H19BrN4O3S. The summed E-state index contributed by atoms with van der Waals surface area (Å²) in [6.07, 6.45) is 2.49. The van der Waals surface area contributed by atoms with Crippen LogP contribution in [0, 0.1) is 11.3 Å². The summed E-state index contributed by atoms with van der Waals surface area (Å²) in [6.45, 7) is 0.286. The van der Waals surface area contributed by atoms with Gasteiger partial charge in [-0.1, -0.05) is 58.0 Å². The summed E-state index contributed by atoms with van der Waals surface area (Å²) in [6, 6.07) is 16.9. The van der Waals surface area contributed by atoms with E-state index in [1.807, 2.05) is 36.4 Å². The van der Waals surface area contributed by atoms with Crippen molar-refractivity contribution in [2.24, 2.45) is 0 Å². The molecular weight excluding hydrogens is 480 g/mol. The third-order valence-electron chi connectivity index (χ3n) is 4.34. The number of benzene rings is 2. The van der Waals surface area contributed by atoms with Crippen molar-refractivity contribution in [1.29, 1.82) is 5.26 Å². The van der Waals surface area contributed by atoms with E-state index < -0.39 is 5.56 Å². The molecule has 3 rings (SSSR count). The Morgan fingerprint density at radius 1 is 1.29 bits per heavy atom. The second-order valence-electron chi connectivity index (χ2n) is 6.43. The smallest absolute Gasteiger partial charge is 0.270 e. The number of hydrogen-bond donors (Lipinski definition) is 2. The van der Waals surface area contributed by atoms with E-state index in [0.717, 1.165) is 16.5 Å². The number of aromatic amines is 1. The van der Waals surface area contributed by atoms with Gasteiger partial charge in [0.05, 0.1) is 0 Å². The molecule has 31 heavy (non-hydrogen) atoms. The Balaban J connectivity index is 1.75. The zero-order chi connectivity index (χ0) is 22.2. The third kappa shape index (κ3) is 5.96. The molecule has 3 aromatic rings. The van der Waals surface area contributed by atoms with Crippen molar-refractivity contribution < 1.29 is 9.53 Å². The number of amides is 1. The lowest BCUT2D eigenvalue weighted by Crippen LogP contribution is -2.30. The van der Waals surface area contributed by atoms with Crippen LogP contribution in [0.2, 0.25) is 0 Å². The lowest BCUT2D eigenvalue weighted by Gasteiger charge is -2.13. The zero-order valence-electron chi connectivity index (χ0n) is 16.6. The molecule has 0 aliphatic heterocycles. The Morgan fingerprint density at radius 2 is 2.06 bits per heavy atom. The van der Waals surface area contributed by atoms with Crippen molar-refractivity contribution in [3.8, 4) is 23.1 Å². The number of nitriles is 1. The summed E-state index contributed by atoms with van der Waals surface area (Å²) < 4.78 is 6.44. The van der Waals surface area contributed by atoms with Crippen molar-refractivity contribution in [1.82, 2.24) is 15.3 Å². The van der Waals surface area contributed by atoms with Crippen molar-refractivity contribution in [2.75, 3.05) is 19.4 Å². The molecule has 1 amide bonds. The SMILES string of the molecule is CSc1nc(-c2cc(Br)ccc2OCC(=O)NCCc2ccccc2)c(C#N)c(=O)[nH]1. The molecule has 158 valence electrons. The summed E-state index contributed by atoms with van der Waals surface area (Å²) in [5.74, 6) is 0.0806. The number of carbonyl (C=O) groups is 1. The van der Waals surface area contributed by atoms with Crippen LogP contribution in [0.5, 0.6) is 5.75 Å². The number of halogens is 1. The van der Waals surface area contributed by atoms with E-state index >= 15 is 0 Å². The number of hydrogen-bond acceptors (Lipinski definition) is 6. The van der Waals surface area contributed by atoms with Crippen LogP contribution in [0.25, 0.3) is 11.3 Å². The highest BCUT2D eigenvalue weighted by molar-refractivity contribution is 9.10. The normalized spacial score (nSPS) is 10.4. The van der Waals surface area contributed by atoms with Crippen LogP contribution in [0.1, 0.15) is 11.1 Å². The highest BCUT2D eigenvalue weighted by atomic mass is 79.9. The van der Waals surface area contributed by atoms with E-state index in [-0.39, 0.29) is 23.8 Å². The van der Waals surface area contributed by atoms with Crippen molar-refractivity contribution in [2.45, 2.75) is 11.6 Å². The highest BCUT2D eigenvalue weighted by Crippen LogP contribution is 2.33. The van der Waals surface area contributed by atoms with Crippen LogP contribution in [-0.4, -0.2) is 35.3 Å². The van der Waals surface area contributed by atoms with Gasteiger partial charge in [-0.3, -0.25) is 9.59 Å². The number of rotatable bonds is 8. The second-order valence-corrected chi connectivity index (χ2v) is 8.14. The first-order valence-electron chi connectivity index (χ1n) is 9.33. The average molecular weight is 499 g/mol. The Labute approximate surface area is 192 Å². The highest BCUT2D eigenvalue weighted by Gasteiger charge is 2.18. The Bertz CT molecular complexity index is 1180. The second kappa shape index (κ2) is 10.8. The van der Waals surface area contributed by atoms with Gasteiger partial charge >= 0.3 is 0 Å². The van der Waals surface area contributed by atoms with Gasteiger partial charge in [-0.2, -0.15) is 5.26 Å². The maximum absolute atomic E-state index is 12.3. The number of ether oxygens (including phenoxy) is 1. The van der Waals surface area contributed by atoms with E-state index in [0.29, 0.717) is 23.0 Å². The largest absolute Gasteiger partial charge is 0.483 e. The maximum Gasteiger partial charge on any atom is 0.270 e. The number of H-pyrrole nitrogens is 1. The minimum Gasteiger partial charge on any atom is -0.483 e. The molecule has 7 nitrogen and oxygen atoms in total. The average Bonchev–Trinajstić information content (AvgIpc) is 2.78. The van der Waals surface area contributed by atoms with E-state index in [1.165, 1.54) is 11.8 Å². The van der Waals surface area contributed by atoms with Gasteiger partial charge in [-0.25, -0.2) is 4.98 Å². The third-order valence-corrected chi connectivity index (χ3v) is 5.41. The van der Waals surface area contributed by atoms with Gasteiger partial charge in [0.15, 0.2) is 11.8 Å². The first-order valence-corrected chi connectivity index (χ1v) is 11.4. The predicted molar refractivity (Wildman–Crippen MR) is 123 cm³/mol. The van der Waals surface area contributed by atoms with E-state index in [4.69, 9.17) is 4.74 Å². The number of nitrogens with zero attached hydrogens (tertiary/aromatic N) is 2. The number of thioether (sulfide) groups is 1. The van der Waals surface area contributed by atoms with Crippen LogP contribution in [0.3, 0.4) is 0 Å². The van der Waals surface area contributed by atoms with Gasteiger partial charge in [0, 0.05) is 16.6 Å². The number of aromatic nitrogens is 2. The Hall–Kier alpha value is -3.09. The predicted octanol–water partition coefficient (Wildman–Crippen LogP) is 3.53. The summed E-state index contributed by atoms with van der Waals surface area (Å²) >= 11 is 4.65. The van der Waals surface area contributed by atoms with Crippen molar-refractivity contribution in [3.05, 3.63) is 74.5 Å². The molecule has 2 N–H and O–H groups in total. The molecule has 0 atom stereocenters. The molecule has 0 bridgehead atoms. The van der Waals surface area contributed by atoms with Gasteiger partial charge in [0.2, 0.25) is 0 Å². The Morgan fingerprint density at radius 3 is 2.77 bits per heavy atom. The quantitative estimate of drug-likeness (QED) is 0.363. The summed E-state index contributed by atoms with van der Waals surface area (Å²) in [5, 5.41) is 12.7. The molecule has 1 heterocycles. The standard InChI is InChI=1S/C22H19BrN4O3S/c1-31-22-26-20(17(12-24)21(29)27-22)16-11-15(23)7-8-18(16)30-13-19(28)25-10-9-14-5-3-2-4-6-14/h2-8,11H,9-10,13H2,1H3,(H,25,28)(H,26,27,29). The monoisotopic (exact) mass is 498 g/mol. The summed E-state index contributed by atoms with van der Waals surface area (Å²) in [4.78, 5) is 31.5. The molecule has 0 spiro atoms. The van der Waals surface area contributed by atoms with Crippen LogP contribution >= 0.6 is 27.7 Å². The fraction of sp³-hybridized carbons (Fsp3) is 0.182. The van der Waals surface area contributed by atoms with Crippen LogP contribution in [-0.2, 0) is 11.2 Å². The van der Waals surface area contributed by atoms with Crippen LogP contribution in [0.15, 0.2) is 63.0 Å². The van der Waals surface area contributed by atoms with Gasteiger partial charge < -0.3 is 15.0 Å². The molecule has 0 aliphatic rings. The van der Waals surface area contributed by atoms with Crippen molar-refractivity contribution in [3.63, 3.8) is 0 Å². The fourth-order valence-electron chi connectivity index (χ4n) is 2.85. The summed E-state index contributed by atoms with van der Waals surface area (Å²) in [7, 11) is 0. The van der Waals surface area contributed by atoms with Crippen LogP contribution in [0.4, 0.5) is 0 Å². The van der Waals surface area contributed by atoms with Crippen LogP contribution < -0.4 is 15.6 Å². The lowest BCUT2D eigenvalue weighted by molar-refractivity contribution is -0.123. The minimum atomic E-state index is -0.526. The fourth-order valence-corrected chi connectivity index (χ4v) is 3.58. The summed E-state index contributed by atoms with van der Waals surface area (Å²) in [5.41, 5.74) is 1.14. The molecule has 0 fully saturated rings. The van der Waals surface area contributed by atoms with Gasteiger partial charge in [-0.05, 0) is 36.4 Å². The van der Waals surface area contributed by atoms with Gasteiger partial charge in [0.25, 0.3) is 11.5 Å². The first kappa shape index (κ1) is 22.6. The van der Waals surface area contributed by atoms with E-state index in [2.05, 4.69) is 31.2 Å². The Kier molecular flexibility index (Phi) is 7.87. The number of nitrogens with one attached hydrogen (secondary N) is 2. The topological polar surface area (TPSA) is 108 Å². The van der Waals surface area contributed by atoms with Crippen molar-refractivity contribution >= 4 is 33.6 Å².